The predicted octanol–water partition coefficient (Wildman–Crippen LogP) is 0.388. The summed E-state index contributed by atoms with van der Waals surface area (Å²) in [6.07, 6.45) is 1.69. The van der Waals surface area contributed by atoms with Crippen LogP contribution in [0.1, 0.15) is 26.2 Å². The molecule has 2 heterocycles. The molecule has 20 heavy (non-hydrogen) atoms. The quantitative estimate of drug-likeness (QED) is 0.713. The molecule has 112 valence electrons. The monoisotopic (exact) mass is 282 g/mol. The molecule has 0 aromatic rings. The maximum absolute atomic E-state index is 12.3. The van der Waals surface area contributed by atoms with Gasteiger partial charge in [-0.15, -0.1) is 0 Å². The number of carbonyl (C=O) groups excluding carboxylic acids is 1. The van der Waals surface area contributed by atoms with Gasteiger partial charge < -0.3 is 20.1 Å². The second-order valence-corrected chi connectivity index (χ2v) is 5.34. The molecule has 2 aliphatic rings. The van der Waals surface area contributed by atoms with Gasteiger partial charge in [0.2, 0.25) is 5.91 Å². The highest BCUT2D eigenvalue weighted by Crippen LogP contribution is 2.18. The van der Waals surface area contributed by atoms with Gasteiger partial charge in [0.15, 0.2) is 0 Å². The normalized spacial score (nSPS) is 19.6. The third-order valence-corrected chi connectivity index (χ3v) is 3.93. The smallest absolute Gasteiger partial charge is 0.305 e. The van der Waals surface area contributed by atoms with Crippen molar-refractivity contribution >= 4 is 11.9 Å². The lowest BCUT2D eigenvalue weighted by Crippen LogP contribution is -2.43. The van der Waals surface area contributed by atoms with Gasteiger partial charge in [-0.1, -0.05) is 0 Å². The summed E-state index contributed by atoms with van der Waals surface area (Å²) in [6, 6.07) is 0. The van der Waals surface area contributed by atoms with Crippen molar-refractivity contribution in [1.29, 1.82) is 0 Å². The minimum atomic E-state index is -0.839. The summed E-state index contributed by atoms with van der Waals surface area (Å²) in [5, 5.41) is 11.7. The van der Waals surface area contributed by atoms with Crippen LogP contribution in [0.3, 0.4) is 0 Å². The Balaban J connectivity index is 1.73. The summed E-state index contributed by atoms with van der Waals surface area (Å²) < 4.78 is 5.52. The fourth-order valence-corrected chi connectivity index (χ4v) is 2.44. The largest absolute Gasteiger partial charge is 0.481 e. The van der Waals surface area contributed by atoms with Crippen molar-refractivity contribution in [3.05, 3.63) is 11.1 Å². The molecule has 0 aromatic heterocycles. The molecule has 6 nitrogen and oxygen atoms in total. The van der Waals surface area contributed by atoms with Crippen LogP contribution in [0.15, 0.2) is 11.1 Å². The molecule has 2 aliphatic heterocycles. The standard InChI is InChI=1S/C14H22N2O4/c1-10(11-8-15-9-11)14(19)16-5-2-12(3-6-16)20-7-4-13(17)18/h12,15H,2-9H2,1H3,(H,17,18). The van der Waals surface area contributed by atoms with E-state index in [0.29, 0.717) is 13.1 Å². The Morgan fingerprint density at radius 2 is 2.00 bits per heavy atom. The topological polar surface area (TPSA) is 78.9 Å². The van der Waals surface area contributed by atoms with E-state index in [4.69, 9.17) is 9.84 Å². The molecule has 2 N–H and O–H groups in total. The van der Waals surface area contributed by atoms with E-state index in [0.717, 1.165) is 31.5 Å². The van der Waals surface area contributed by atoms with Crippen LogP contribution < -0.4 is 5.32 Å². The number of nitrogens with one attached hydrogen (secondary N) is 1. The van der Waals surface area contributed by atoms with E-state index in [9.17, 15) is 9.59 Å². The van der Waals surface area contributed by atoms with Crippen LogP contribution in [0, 0.1) is 0 Å². The second-order valence-electron chi connectivity index (χ2n) is 5.34. The maximum atomic E-state index is 12.3. The van der Waals surface area contributed by atoms with Gasteiger partial charge in [-0.05, 0) is 25.3 Å². The van der Waals surface area contributed by atoms with Crippen molar-refractivity contribution in [2.45, 2.75) is 32.3 Å². The summed E-state index contributed by atoms with van der Waals surface area (Å²) in [7, 11) is 0. The Morgan fingerprint density at radius 3 is 2.50 bits per heavy atom. The number of carbonyl (C=O) groups is 2. The first-order chi connectivity index (χ1) is 9.58. The molecule has 2 fully saturated rings. The summed E-state index contributed by atoms with van der Waals surface area (Å²) in [5.41, 5.74) is 2.07. The minimum Gasteiger partial charge on any atom is -0.481 e. The number of aliphatic carboxylic acids is 1. The van der Waals surface area contributed by atoms with Crippen LogP contribution in [-0.2, 0) is 14.3 Å². The molecular weight excluding hydrogens is 260 g/mol. The fraction of sp³-hybridized carbons (Fsp3) is 0.714. The first-order valence-electron chi connectivity index (χ1n) is 7.10. The highest BCUT2D eigenvalue weighted by Gasteiger charge is 2.26. The fourth-order valence-electron chi connectivity index (χ4n) is 2.44. The molecule has 6 heteroatoms. The Kier molecular flexibility index (Phi) is 5.14. The van der Waals surface area contributed by atoms with Crippen molar-refractivity contribution in [2.24, 2.45) is 0 Å². The number of rotatable bonds is 5. The molecule has 2 rings (SSSR count). The van der Waals surface area contributed by atoms with E-state index >= 15 is 0 Å². The maximum Gasteiger partial charge on any atom is 0.305 e. The van der Waals surface area contributed by atoms with Crippen LogP contribution in [0.2, 0.25) is 0 Å². The molecule has 0 radical (unpaired) electrons. The third-order valence-electron chi connectivity index (χ3n) is 3.93. The highest BCUT2D eigenvalue weighted by atomic mass is 16.5. The lowest BCUT2D eigenvalue weighted by atomic mass is 10.0. The van der Waals surface area contributed by atoms with Crippen LogP contribution in [0.25, 0.3) is 0 Å². The molecule has 1 amide bonds. The van der Waals surface area contributed by atoms with E-state index in [-0.39, 0.29) is 25.0 Å². The van der Waals surface area contributed by atoms with Gasteiger partial charge in [0.25, 0.3) is 0 Å². The molecular formula is C14H22N2O4. The van der Waals surface area contributed by atoms with Gasteiger partial charge in [-0.25, -0.2) is 0 Å². The SMILES string of the molecule is CC(C(=O)N1CCC(OCCC(=O)O)CC1)=C1CNC1. The average Bonchev–Trinajstić information content (AvgIpc) is 2.36. The van der Waals surface area contributed by atoms with Gasteiger partial charge in [-0.2, -0.15) is 0 Å². The Labute approximate surface area is 118 Å². The van der Waals surface area contributed by atoms with E-state index in [1.807, 2.05) is 11.8 Å². The highest BCUT2D eigenvalue weighted by molar-refractivity contribution is 5.94. The second kappa shape index (κ2) is 6.85. The first kappa shape index (κ1) is 15.0. The predicted molar refractivity (Wildman–Crippen MR) is 73.4 cm³/mol. The lowest BCUT2D eigenvalue weighted by molar-refractivity contribution is -0.139. The van der Waals surface area contributed by atoms with Gasteiger partial charge in [-0.3, -0.25) is 9.59 Å². The van der Waals surface area contributed by atoms with Crippen LogP contribution in [-0.4, -0.2) is 60.8 Å². The van der Waals surface area contributed by atoms with Crippen molar-refractivity contribution in [1.82, 2.24) is 10.2 Å². The number of hydrogen-bond donors (Lipinski definition) is 2. The van der Waals surface area contributed by atoms with Gasteiger partial charge in [0.05, 0.1) is 19.1 Å². The number of nitrogens with zero attached hydrogens (tertiary/aromatic N) is 1. The molecule has 0 unspecified atom stereocenters. The first-order valence-corrected chi connectivity index (χ1v) is 7.10. The molecule has 0 atom stereocenters. The van der Waals surface area contributed by atoms with Gasteiger partial charge in [0, 0.05) is 31.8 Å². The summed E-state index contributed by atoms with van der Waals surface area (Å²) in [5.74, 6) is -0.709. The van der Waals surface area contributed by atoms with Crippen molar-refractivity contribution in [3.8, 4) is 0 Å². The number of carboxylic acid groups (broad SMARTS) is 1. The summed E-state index contributed by atoms with van der Waals surface area (Å²) in [6.45, 7) is 5.18. The Hall–Kier alpha value is -1.40. The molecule has 0 spiro atoms. The Morgan fingerprint density at radius 1 is 1.35 bits per heavy atom. The molecule has 2 saturated heterocycles. The van der Waals surface area contributed by atoms with Gasteiger partial charge >= 0.3 is 5.97 Å². The van der Waals surface area contributed by atoms with E-state index in [1.165, 1.54) is 5.57 Å². The van der Waals surface area contributed by atoms with Crippen molar-refractivity contribution < 1.29 is 19.4 Å². The summed E-state index contributed by atoms with van der Waals surface area (Å²) >= 11 is 0. The van der Waals surface area contributed by atoms with Gasteiger partial charge in [0.1, 0.15) is 0 Å². The molecule has 0 saturated carbocycles. The number of piperidine rings is 1. The van der Waals surface area contributed by atoms with Crippen LogP contribution >= 0.6 is 0 Å². The number of hydrogen-bond acceptors (Lipinski definition) is 4. The van der Waals surface area contributed by atoms with E-state index in [2.05, 4.69) is 5.32 Å². The number of likely N-dealkylation sites (tertiary alicyclic amines) is 1. The third kappa shape index (κ3) is 3.80. The van der Waals surface area contributed by atoms with Crippen molar-refractivity contribution in [2.75, 3.05) is 32.8 Å². The Bertz CT molecular complexity index is 405. The zero-order valence-corrected chi connectivity index (χ0v) is 11.9. The average molecular weight is 282 g/mol. The van der Waals surface area contributed by atoms with Crippen LogP contribution in [0.4, 0.5) is 0 Å². The van der Waals surface area contributed by atoms with Crippen LogP contribution in [0.5, 0.6) is 0 Å². The number of ether oxygens (including phenoxy) is 1. The van der Waals surface area contributed by atoms with E-state index < -0.39 is 5.97 Å². The number of carboxylic acids is 1. The zero-order chi connectivity index (χ0) is 14.5. The molecule has 0 bridgehead atoms. The minimum absolute atomic E-state index is 0.0390. The van der Waals surface area contributed by atoms with E-state index in [1.54, 1.807) is 0 Å². The van der Waals surface area contributed by atoms with Crippen molar-refractivity contribution in [3.63, 3.8) is 0 Å². The zero-order valence-electron chi connectivity index (χ0n) is 11.9. The molecule has 0 aromatic carbocycles. The number of amides is 1. The summed E-state index contributed by atoms with van der Waals surface area (Å²) in [4.78, 5) is 24.5. The molecule has 0 aliphatic carbocycles. The lowest BCUT2D eigenvalue weighted by Gasteiger charge is -2.33.